The van der Waals surface area contributed by atoms with Gasteiger partial charge in [0.05, 0.1) is 0 Å². The molecular weight excluding hydrogens is 204 g/mol. The molecule has 1 unspecified atom stereocenters. The van der Waals surface area contributed by atoms with E-state index in [0.29, 0.717) is 13.1 Å². The lowest BCUT2D eigenvalue weighted by molar-refractivity contribution is -0.140. The van der Waals surface area contributed by atoms with Gasteiger partial charge in [-0.05, 0) is 5.56 Å². The molecule has 0 aliphatic heterocycles. The summed E-state index contributed by atoms with van der Waals surface area (Å²) in [5, 5.41) is 0. The van der Waals surface area contributed by atoms with Gasteiger partial charge in [0.2, 0.25) is 0 Å². The van der Waals surface area contributed by atoms with Crippen molar-refractivity contribution in [2.75, 3.05) is 27.2 Å². The minimum absolute atomic E-state index is 0.0702. The molecule has 0 saturated heterocycles. The van der Waals surface area contributed by atoms with E-state index in [1.54, 1.807) is 11.9 Å². The van der Waals surface area contributed by atoms with Gasteiger partial charge < -0.3 is 15.4 Å². The van der Waals surface area contributed by atoms with Crippen LogP contribution in [-0.4, -0.2) is 38.1 Å². The first-order valence-corrected chi connectivity index (χ1v) is 5.23. The molecule has 16 heavy (non-hydrogen) atoms. The van der Waals surface area contributed by atoms with Gasteiger partial charge in [0.25, 0.3) is 5.91 Å². The average Bonchev–Trinajstić information content (AvgIpc) is 2.31. The molecule has 88 valence electrons. The van der Waals surface area contributed by atoms with Crippen molar-refractivity contribution < 1.29 is 9.53 Å². The molecule has 0 bridgehead atoms. The summed E-state index contributed by atoms with van der Waals surface area (Å²) in [6, 6.07) is 9.43. The second-order valence-electron chi connectivity index (χ2n) is 3.57. The van der Waals surface area contributed by atoms with E-state index < -0.39 is 6.10 Å². The largest absolute Gasteiger partial charge is 0.367 e. The van der Waals surface area contributed by atoms with Gasteiger partial charge in [0, 0.05) is 27.2 Å². The summed E-state index contributed by atoms with van der Waals surface area (Å²) in [4.78, 5) is 13.6. The Morgan fingerprint density at radius 2 is 2.06 bits per heavy atom. The molecule has 1 aromatic carbocycles. The van der Waals surface area contributed by atoms with Gasteiger partial charge in [-0.15, -0.1) is 0 Å². The van der Waals surface area contributed by atoms with E-state index in [-0.39, 0.29) is 5.91 Å². The molecule has 1 atom stereocenters. The highest BCUT2D eigenvalue weighted by molar-refractivity contribution is 5.82. The van der Waals surface area contributed by atoms with Crippen LogP contribution in [0.25, 0.3) is 0 Å². The van der Waals surface area contributed by atoms with Gasteiger partial charge in [0.15, 0.2) is 6.10 Å². The summed E-state index contributed by atoms with van der Waals surface area (Å²) >= 11 is 0. The van der Waals surface area contributed by atoms with Crippen molar-refractivity contribution >= 4 is 5.91 Å². The van der Waals surface area contributed by atoms with Crippen molar-refractivity contribution in [1.82, 2.24) is 4.90 Å². The summed E-state index contributed by atoms with van der Waals surface area (Å²) in [5.41, 5.74) is 6.27. The van der Waals surface area contributed by atoms with Crippen LogP contribution >= 0.6 is 0 Å². The zero-order valence-electron chi connectivity index (χ0n) is 9.72. The van der Waals surface area contributed by atoms with Crippen molar-refractivity contribution in [3.05, 3.63) is 35.9 Å². The second-order valence-corrected chi connectivity index (χ2v) is 3.57. The Morgan fingerprint density at radius 3 is 2.56 bits per heavy atom. The van der Waals surface area contributed by atoms with E-state index in [9.17, 15) is 4.79 Å². The molecule has 4 heteroatoms. The quantitative estimate of drug-likeness (QED) is 0.801. The molecule has 0 spiro atoms. The third-order valence-corrected chi connectivity index (χ3v) is 2.40. The minimum Gasteiger partial charge on any atom is -0.367 e. The number of likely N-dealkylation sites (N-methyl/N-ethyl adjacent to an activating group) is 1. The molecular formula is C12H18N2O2. The smallest absolute Gasteiger partial charge is 0.256 e. The van der Waals surface area contributed by atoms with Gasteiger partial charge in [-0.1, -0.05) is 30.3 Å². The topological polar surface area (TPSA) is 55.6 Å². The van der Waals surface area contributed by atoms with Gasteiger partial charge in [-0.2, -0.15) is 0 Å². The first-order valence-electron chi connectivity index (χ1n) is 5.23. The predicted molar refractivity (Wildman–Crippen MR) is 62.9 cm³/mol. The van der Waals surface area contributed by atoms with Crippen LogP contribution in [0.2, 0.25) is 0 Å². The number of rotatable bonds is 5. The van der Waals surface area contributed by atoms with E-state index in [1.165, 1.54) is 7.11 Å². The van der Waals surface area contributed by atoms with Gasteiger partial charge in [-0.25, -0.2) is 0 Å². The summed E-state index contributed by atoms with van der Waals surface area (Å²) < 4.78 is 5.23. The van der Waals surface area contributed by atoms with E-state index in [0.717, 1.165) is 5.56 Å². The van der Waals surface area contributed by atoms with E-state index in [1.807, 2.05) is 30.3 Å². The van der Waals surface area contributed by atoms with E-state index in [4.69, 9.17) is 10.5 Å². The third-order valence-electron chi connectivity index (χ3n) is 2.40. The monoisotopic (exact) mass is 222 g/mol. The zero-order valence-corrected chi connectivity index (χ0v) is 9.72. The zero-order chi connectivity index (χ0) is 12.0. The fourth-order valence-corrected chi connectivity index (χ4v) is 1.51. The second kappa shape index (κ2) is 6.25. The normalized spacial score (nSPS) is 12.2. The number of carbonyl (C=O) groups is 1. The minimum atomic E-state index is -0.544. The number of hydrogen-bond acceptors (Lipinski definition) is 3. The maximum absolute atomic E-state index is 12.0. The Balaban J connectivity index is 2.79. The molecule has 0 aliphatic rings. The van der Waals surface area contributed by atoms with Crippen LogP contribution in [0.4, 0.5) is 0 Å². The number of methoxy groups -OCH3 is 1. The van der Waals surface area contributed by atoms with E-state index in [2.05, 4.69) is 0 Å². The van der Waals surface area contributed by atoms with Crippen LogP contribution in [0.5, 0.6) is 0 Å². The van der Waals surface area contributed by atoms with Gasteiger partial charge in [-0.3, -0.25) is 4.79 Å². The number of nitrogens with two attached hydrogens (primary N) is 1. The van der Waals surface area contributed by atoms with Gasteiger partial charge in [0.1, 0.15) is 0 Å². The van der Waals surface area contributed by atoms with Crippen LogP contribution in [0.3, 0.4) is 0 Å². The van der Waals surface area contributed by atoms with Crippen molar-refractivity contribution in [2.24, 2.45) is 5.73 Å². The Morgan fingerprint density at radius 1 is 1.44 bits per heavy atom. The number of hydrogen-bond donors (Lipinski definition) is 1. The molecule has 0 saturated carbocycles. The van der Waals surface area contributed by atoms with Crippen molar-refractivity contribution in [1.29, 1.82) is 0 Å². The number of amides is 1. The number of benzene rings is 1. The molecule has 4 nitrogen and oxygen atoms in total. The molecule has 1 amide bonds. The summed E-state index contributed by atoms with van der Waals surface area (Å²) in [6.07, 6.45) is -0.544. The summed E-state index contributed by atoms with van der Waals surface area (Å²) in [7, 11) is 3.26. The standard InChI is InChI=1S/C12H18N2O2/c1-14(9-8-13)12(15)11(16-2)10-6-4-3-5-7-10/h3-7,11H,8-9,13H2,1-2H3. The Hall–Kier alpha value is -1.39. The SMILES string of the molecule is COC(C(=O)N(C)CCN)c1ccccc1. The lowest BCUT2D eigenvalue weighted by Gasteiger charge is -2.22. The van der Waals surface area contributed by atoms with Crippen LogP contribution in [0.1, 0.15) is 11.7 Å². The highest BCUT2D eigenvalue weighted by Gasteiger charge is 2.22. The molecule has 0 heterocycles. The fraction of sp³-hybridized carbons (Fsp3) is 0.417. The first kappa shape index (κ1) is 12.7. The Kier molecular flexibility index (Phi) is 4.95. The maximum Gasteiger partial charge on any atom is 0.256 e. The predicted octanol–water partition coefficient (Wildman–Crippen LogP) is 0.791. The first-order chi connectivity index (χ1) is 7.70. The highest BCUT2D eigenvalue weighted by Crippen LogP contribution is 2.18. The van der Waals surface area contributed by atoms with Crippen molar-refractivity contribution in [3.8, 4) is 0 Å². The number of ether oxygens (including phenoxy) is 1. The summed E-state index contributed by atoms with van der Waals surface area (Å²) in [6.45, 7) is 0.985. The van der Waals surface area contributed by atoms with Crippen LogP contribution in [-0.2, 0) is 9.53 Å². The highest BCUT2D eigenvalue weighted by atomic mass is 16.5. The lowest BCUT2D eigenvalue weighted by Crippen LogP contribution is -2.36. The number of nitrogens with zero attached hydrogens (tertiary/aromatic N) is 1. The van der Waals surface area contributed by atoms with Gasteiger partial charge >= 0.3 is 0 Å². The molecule has 1 aromatic rings. The Labute approximate surface area is 96.0 Å². The number of carbonyl (C=O) groups excluding carboxylic acids is 1. The lowest BCUT2D eigenvalue weighted by atomic mass is 10.1. The molecule has 0 aromatic heterocycles. The molecule has 0 fully saturated rings. The third kappa shape index (κ3) is 3.05. The molecule has 2 N–H and O–H groups in total. The fourth-order valence-electron chi connectivity index (χ4n) is 1.51. The summed E-state index contributed by atoms with van der Waals surface area (Å²) in [5.74, 6) is -0.0702. The average molecular weight is 222 g/mol. The van der Waals surface area contributed by atoms with Crippen LogP contribution in [0.15, 0.2) is 30.3 Å². The van der Waals surface area contributed by atoms with Crippen molar-refractivity contribution in [3.63, 3.8) is 0 Å². The van der Waals surface area contributed by atoms with Crippen molar-refractivity contribution in [2.45, 2.75) is 6.10 Å². The van der Waals surface area contributed by atoms with E-state index >= 15 is 0 Å². The molecule has 0 radical (unpaired) electrons. The Bertz CT molecular complexity index is 327. The van der Waals surface area contributed by atoms with Crippen LogP contribution < -0.4 is 5.73 Å². The molecule has 0 aliphatic carbocycles. The van der Waals surface area contributed by atoms with Crippen LogP contribution in [0, 0.1) is 0 Å². The maximum atomic E-state index is 12.0. The molecule has 1 rings (SSSR count).